The first kappa shape index (κ1) is 28.4. The van der Waals surface area contributed by atoms with Gasteiger partial charge in [-0.25, -0.2) is 0 Å². The minimum atomic E-state index is -0.115. The Hall–Kier alpha value is -1.66. The van der Waals surface area contributed by atoms with Crippen molar-refractivity contribution in [2.45, 2.75) is 52.4 Å². The number of rotatable bonds is 15. The number of methoxy groups -OCH3 is 2. The zero-order valence-corrected chi connectivity index (χ0v) is 20.2. The standard InChI is InChI=1S/C25H35O5P.Li.H/c1-5-7-9-16-29-19-14-15-23(22(18-19)30-17-10-8-6-2)31-25(26)24-20(27-3)12-11-13-21(24)28-4;;/h11-15,18,31H,5-10,16-17H2,1-4H3;;. The van der Waals surface area contributed by atoms with Crippen molar-refractivity contribution in [1.82, 2.24) is 0 Å². The van der Waals surface area contributed by atoms with Crippen LogP contribution in [0.1, 0.15) is 62.7 Å². The third-order valence-corrected chi connectivity index (χ3v) is 6.04. The van der Waals surface area contributed by atoms with Crippen LogP contribution in [0.3, 0.4) is 0 Å². The van der Waals surface area contributed by atoms with Gasteiger partial charge in [-0.1, -0.05) is 45.6 Å². The summed E-state index contributed by atoms with van der Waals surface area (Å²) in [6, 6.07) is 11.1. The fourth-order valence-electron chi connectivity index (χ4n) is 3.15. The van der Waals surface area contributed by atoms with Gasteiger partial charge in [-0.15, -0.1) is 0 Å². The van der Waals surface area contributed by atoms with Crippen LogP contribution in [0, 0.1) is 0 Å². The van der Waals surface area contributed by atoms with Gasteiger partial charge in [0.2, 0.25) is 0 Å². The van der Waals surface area contributed by atoms with E-state index in [2.05, 4.69) is 13.8 Å². The summed E-state index contributed by atoms with van der Waals surface area (Å²) in [5.74, 6) is 2.51. The SMILES string of the molecule is CCCCCOc1ccc(PC(=O)c2c(OC)cccc2OC)c(OCCCCC)c1.[LiH]. The summed E-state index contributed by atoms with van der Waals surface area (Å²) in [6.07, 6.45) is 6.55. The number of hydrogen-bond donors (Lipinski definition) is 0. The molecule has 1 atom stereocenters. The van der Waals surface area contributed by atoms with E-state index in [0.29, 0.717) is 36.0 Å². The summed E-state index contributed by atoms with van der Waals surface area (Å²) in [5, 5.41) is 0.857. The van der Waals surface area contributed by atoms with E-state index in [9.17, 15) is 4.79 Å². The van der Waals surface area contributed by atoms with Crippen molar-refractivity contribution < 1.29 is 23.7 Å². The summed E-state index contributed by atoms with van der Waals surface area (Å²) in [5.41, 5.74) is 0.409. The number of benzene rings is 2. The first-order valence-electron chi connectivity index (χ1n) is 11.1. The fourth-order valence-corrected chi connectivity index (χ4v) is 4.20. The number of carbonyl (C=O) groups excluding carboxylic acids is 1. The maximum absolute atomic E-state index is 13.2. The van der Waals surface area contributed by atoms with Crippen LogP contribution in [-0.4, -0.2) is 51.8 Å². The van der Waals surface area contributed by atoms with Gasteiger partial charge in [0, 0.05) is 11.4 Å². The molecule has 7 heteroatoms. The van der Waals surface area contributed by atoms with Gasteiger partial charge in [-0.05, 0) is 45.7 Å². The van der Waals surface area contributed by atoms with Gasteiger partial charge in [0.25, 0.3) is 0 Å². The summed E-state index contributed by atoms with van der Waals surface area (Å²) >= 11 is 0. The van der Waals surface area contributed by atoms with E-state index < -0.39 is 0 Å². The van der Waals surface area contributed by atoms with E-state index in [1.165, 1.54) is 0 Å². The molecule has 0 saturated carbocycles. The number of carbonyl (C=O) groups is 1. The van der Waals surface area contributed by atoms with Gasteiger partial charge < -0.3 is 18.9 Å². The molecule has 172 valence electrons. The van der Waals surface area contributed by atoms with Gasteiger partial charge in [-0.3, -0.25) is 4.79 Å². The maximum atomic E-state index is 13.2. The molecule has 0 aliphatic carbocycles. The Kier molecular flexibility index (Phi) is 14.2. The van der Waals surface area contributed by atoms with Crippen molar-refractivity contribution in [3.05, 3.63) is 42.0 Å². The van der Waals surface area contributed by atoms with Crippen LogP contribution in [0.25, 0.3) is 0 Å². The monoisotopic (exact) mass is 454 g/mol. The predicted molar refractivity (Wildman–Crippen MR) is 135 cm³/mol. The van der Waals surface area contributed by atoms with E-state index >= 15 is 0 Å². The summed E-state index contributed by atoms with van der Waals surface area (Å²) < 4.78 is 22.8. The molecule has 2 aromatic carbocycles. The predicted octanol–water partition coefficient (Wildman–Crippen LogP) is 5.34. The summed E-state index contributed by atoms with van der Waals surface area (Å²) in [4.78, 5) is 13.2. The van der Waals surface area contributed by atoms with E-state index in [-0.39, 0.29) is 33.0 Å². The second-order valence-electron chi connectivity index (χ2n) is 7.26. The molecule has 0 fully saturated rings. The first-order valence-corrected chi connectivity index (χ1v) is 12.1. The second kappa shape index (κ2) is 16.0. The summed E-state index contributed by atoms with van der Waals surface area (Å²) in [6.45, 7) is 5.64. The molecule has 0 saturated heterocycles. The van der Waals surface area contributed by atoms with Crippen molar-refractivity contribution in [3.63, 3.8) is 0 Å². The third-order valence-electron chi connectivity index (χ3n) is 4.88. The summed E-state index contributed by atoms with van der Waals surface area (Å²) in [7, 11) is 3.00. The average molecular weight is 454 g/mol. The van der Waals surface area contributed by atoms with E-state index in [1.54, 1.807) is 26.4 Å². The van der Waals surface area contributed by atoms with Crippen molar-refractivity contribution in [2.24, 2.45) is 0 Å². The molecule has 0 aliphatic heterocycles. The fraction of sp³-hybridized carbons (Fsp3) is 0.480. The molecular formula is C25H36LiO5P. The Morgan fingerprint density at radius 1 is 0.812 bits per heavy atom. The van der Waals surface area contributed by atoms with Crippen LogP contribution in [0.5, 0.6) is 23.0 Å². The van der Waals surface area contributed by atoms with Crippen molar-refractivity contribution in [1.29, 1.82) is 0 Å². The van der Waals surface area contributed by atoms with Gasteiger partial charge in [0.1, 0.15) is 28.6 Å². The van der Waals surface area contributed by atoms with Crippen molar-refractivity contribution >= 4 is 38.3 Å². The molecule has 0 aliphatic rings. The van der Waals surface area contributed by atoms with Crippen molar-refractivity contribution in [2.75, 3.05) is 27.4 Å². The normalized spacial score (nSPS) is 10.6. The first-order chi connectivity index (χ1) is 15.1. The zero-order chi connectivity index (χ0) is 22.5. The van der Waals surface area contributed by atoms with Crippen LogP contribution in [0.15, 0.2) is 36.4 Å². The number of unbranched alkanes of at least 4 members (excludes halogenated alkanes) is 4. The van der Waals surface area contributed by atoms with Gasteiger partial charge in [0.15, 0.2) is 5.52 Å². The zero-order valence-electron chi connectivity index (χ0n) is 19.2. The Morgan fingerprint density at radius 2 is 1.41 bits per heavy atom. The molecule has 2 aromatic rings. The van der Waals surface area contributed by atoms with Crippen molar-refractivity contribution in [3.8, 4) is 23.0 Å². The topological polar surface area (TPSA) is 54.0 Å². The van der Waals surface area contributed by atoms with Gasteiger partial charge in [0.05, 0.1) is 27.4 Å². The second-order valence-corrected chi connectivity index (χ2v) is 8.50. The molecule has 0 bridgehead atoms. The van der Waals surface area contributed by atoms with E-state index in [1.807, 2.05) is 24.3 Å². The van der Waals surface area contributed by atoms with Crippen LogP contribution >= 0.6 is 8.58 Å². The molecule has 0 N–H and O–H groups in total. The molecule has 0 aromatic heterocycles. The Morgan fingerprint density at radius 3 is 1.97 bits per heavy atom. The molecule has 0 amide bonds. The molecule has 0 heterocycles. The minimum absolute atomic E-state index is 0. The molecule has 2 rings (SSSR count). The molecule has 32 heavy (non-hydrogen) atoms. The van der Waals surface area contributed by atoms with Crippen LogP contribution in [-0.2, 0) is 0 Å². The van der Waals surface area contributed by atoms with Gasteiger partial charge in [-0.2, -0.15) is 0 Å². The average Bonchev–Trinajstić information content (AvgIpc) is 2.80. The molecule has 5 nitrogen and oxygen atoms in total. The molecule has 1 unspecified atom stereocenters. The van der Waals surface area contributed by atoms with Gasteiger partial charge >= 0.3 is 18.9 Å². The number of hydrogen-bond acceptors (Lipinski definition) is 5. The Labute approximate surface area is 206 Å². The van der Waals surface area contributed by atoms with Crippen LogP contribution in [0.2, 0.25) is 0 Å². The Balaban J connectivity index is 0.00000512. The quantitative estimate of drug-likeness (QED) is 0.207. The molecule has 0 radical (unpaired) electrons. The number of ether oxygens (including phenoxy) is 4. The van der Waals surface area contributed by atoms with E-state index in [0.717, 1.165) is 49.6 Å². The van der Waals surface area contributed by atoms with Crippen LogP contribution < -0.4 is 24.3 Å². The van der Waals surface area contributed by atoms with Crippen LogP contribution in [0.4, 0.5) is 0 Å². The van der Waals surface area contributed by atoms with E-state index in [4.69, 9.17) is 18.9 Å². The third kappa shape index (κ3) is 8.70. The Bertz CT molecular complexity index is 806. The molecular weight excluding hydrogens is 418 g/mol. The molecule has 0 spiro atoms.